The highest BCUT2D eigenvalue weighted by molar-refractivity contribution is 9.10. The minimum absolute atomic E-state index is 0.000141. The minimum Gasteiger partial charge on any atom is -0.443 e. The quantitative estimate of drug-likeness (QED) is 0.374. The van der Waals surface area contributed by atoms with Crippen molar-refractivity contribution in [1.82, 2.24) is 5.43 Å². The van der Waals surface area contributed by atoms with Crippen molar-refractivity contribution >= 4 is 50.8 Å². The molecule has 2 N–H and O–H groups in total. The first-order valence-corrected chi connectivity index (χ1v) is 9.50. The number of carbonyl (C=O) groups excluding carboxylic acids is 3. The fraction of sp³-hybridized carbons (Fsp3) is 0.158. The molecule has 10 nitrogen and oxygen atoms in total. The number of rotatable bonds is 6. The first-order valence-electron chi connectivity index (χ1n) is 8.71. The number of benzene rings is 2. The summed E-state index contributed by atoms with van der Waals surface area (Å²) in [5.41, 5.74) is 2.74. The van der Waals surface area contributed by atoms with Crippen LogP contribution in [-0.2, 0) is 19.1 Å². The fourth-order valence-corrected chi connectivity index (χ4v) is 3.08. The van der Waals surface area contributed by atoms with Gasteiger partial charge in [0.25, 0.3) is 11.6 Å². The molecule has 1 aliphatic rings. The summed E-state index contributed by atoms with van der Waals surface area (Å²) in [5, 5.41) is 17.1. The third-order valence-corrected chi connectivity index (χ3v) is 4.78. The van der Waals surface area contributed by atoms with Gasteiger partial charge in [0, 0.05) is 35.0 Å². The molecular formula is C19H15BrN4O6. The van der Waals surface area contributed by atoms with Crippen LogP contribution in [0, 0.1) is 10.1 Å². The summed E-state index contributed by atoms with van der Waals surface area (Å²) in [5.74, 6) is -1.81. The van der Waals surface area contributed by atoms with Crippen LogP contribution in [0.3, 0.4) is 0 Å². The molecule has 1 atom stereocenters. The molecule has 0 fully saturated rings. The minimum atomic E-state index is -1.30. The van der Waals surface area contributed by atoms with Crippen molar-refractivity contribution in [3.8, 4) is 0 Å². The lowest BCUT2D eigenvalue weighted by molar-refractivity contribution is -0.384. The topological polar surface area (TPSA) is 140 Å². The SMILES string of the molecule is O=C1CCC(C(=O)O[C@@H](C(=O)Nc2ccc([N+](=O)[O-])cc2Br)c2ccccc2)=NN1. The number of anilines is 1. The third kappa shape index (κ3) is 5.06. The predicted molar refractivity (Wildman–Crippen MR) is 110 cm³/mol. The summed E-state index contributed by atoms with van der Waals surface area (Å²) in [7, 11) is 0. The molecule has 0 aliphatic carbocycles. The molecule has 2 aromatic rings. The van der Waals surface area contributed by atoms with E-state index in [-0.39, 0.29) is 35.8 Å². The van der Waals surface area contributed by atoms with E-state index in [1.807, 2.05) is 0 Å². The van der Waals surface area contributed by atoms with Crippen molar-refractivity contribution in [2.24, 2.45) is 5.10 Å². The molecule has 30 heavy (non-hydrogen) atoms. The van der Waals surface area contributed by atoms with Gasteiger partial charge >= 0.3 is 5.97 Å². The molecule has 0 saturated heterocycles. The van der Waals surface area contributed by atoms with E-state index in [1.165, 1.54) is 18.2 Å². The molecule has 0 radical (unpaired) electrons. The van der Waals surface area contributed by atoms with Crippen LogP contribution in [0.2, 0.25) is 0 Å². The van der Waals surface area contributed by atoms with Crippen LogP contribution in [0.1, 0.15) is 24.5 Å². The number of nitrogens with zero attached hydrogens (tertiary/aromatic N) is 2. The summed E-state index contributed by atoms with van der Waals surface area (Å²) in [6.07, 6.45) is -1.12. The van der Waals surface area contributed by atoms with Crippen LogP contribution in [0.15, 0.2) is 58.1 Å². The van der Waals surface area contributed by atoms with Gasteiger partial charge in [0.2, 0.25) is 12.0 Å². The van der Waals surface area contributed by atoms with Crippen molar-refractivity contribution in [2.45, 2.75) is 18.9 Å². The van der Waals surface area contributed by atoms with Gasteiger partial charge in [-0.2, -0.15) is 5.10 Å². The van der Waals surface area contributed by atoms with Gasteiger partial charge in [-0.15, -0.1) is 0 Å². The highest BCUT2D eigenvalue weighted by atomic mass is 79.9. The van der Waals surface area contributed by atoms with Crippen LogP contribution >= 0.6 is 15.9 Å². The summed E-state index contributed by atoms with van der Waals surface area (Å²) in [6, 6.07) is 12.2. The lowest BCUT2D eigenvalue weighted by Crippen LogP contribution is -2.33. The Morgan fingerprint density at radius 1 is 1.20 bits per heavy atom. The molecule has 1 aliphatic heterocycles. The average molecular weight is 475 g/mol. The van der Waals surface area contributed by atoms with Crippen molar-refractivity contribution < 1.29 is 24.0 Å². The predicted octanol–water partition coefficient (Wildman–Crippen LogP) is 2.85. The van der Waals surface area contributed by atoms with E-state index in [0.29, 0.717) is 10.0 Å². The van der Waals surface area contributed by atoms with E-state index >= 15 is 0 Å². The summed E-state index contributed by atoms with van der Waals surface area (Å²) in [6.45, 7) is 0. The molecule has 0 bridgehead atoms. The van der Waals surface area contributed by atoms with E-state index in [1.54, 1.807) is 30.3 Å². The molecule has 0 aromatic heterocycles. The molecule has 11 heteroatoms. The average Bonchev–Trinajstić information content (AvgIpc) is 2.74. The maximum Gasteiger partial charge on any atom is 0.355 e. The van der Waals surface area contributed by atoms with E-state index in [2.05, 4.69) is 31.8 Å². The Hall–Kier alpha value is -3.60. The number of halogens is 1. The first-order chi connectivity index (χ1) is 14.3. The highest BCUT2D eigenvalue weighted by Gasteiger charge is 2.29. The summed E-state index contributed by atoms with van der Waals surface area (Å²) >= 11 is 3.18. The lowest BCUT2D eigenvalue weighted by atomic mass is 10.1. The number of hydrogen-bond donors (Lipinski definition) is 2. The number of nitro groups is 1. The largest absolute Gasteiger partial charge is 0.443 e. The second-order valence-corrected chi connectivity index (χ2v) is 7.05. The van der Waals surface area contributed by atoms with Gasteiger partial charge in [-0.3, -0.25) is 19.7 Å². The van der Waals surface area contributed by atoms with Crippen molar-refractivity contribution in [2.75, 3.05) is 5.32 Å². The smallest absolute Gasteiger partial charge is 0.355 e. The number of esters is 1. The maximum absolute atomic E-state index is 12.9. The molecule has 154 valence electrons. The van der Waals surface area contributed by atoms with Gasteiger partial charge in [0.15, 0.2) is 0 Å². The van der Waals surface area contributed by atoms with Gasteiger partial charge in [-0.25, -0.2) is 10.2 Å². The Labute approximate surface area is 178 Å². The first kappa shape index (κ1) is 21.1. The molecule has 1 heterocycles. The van der Waals surface area contributed by atoms with Crippen LogP contribution in [0.4, 0.5) is 11.4 Å². The molecule has 3 rings (SSSR count). The Balaban J connectivity index is 1.82. The Bertz CT molecular complexity index is 1040. The van der Waals surface area contributed by atoms with Crippen molar-refractivity contribution in [1.29, 1.82) is 0 Å². The highest BCUT2D eigenvalue weighted by Crippen LogP contribution is 2.29. The normalized spacial score (nSPS) is 14.2. The van der Waals surface area contributed by atoms with Crippen LogP contribution in [0.5, 0.6) is 0 Å². The maximum atomic E-state index is 12.9. The fourth-order valence-electron chi connectivity index (χ4n) is 2.61. The monoisotopic (exact) mass is 474 g/mol. The Morgan fingerprint density at radius 3 is 2.53 bits per heavy atom. The zero-order valence-corrected chi connectivity index (χ0v) is 16.9. The standard InChI is InChI=1S/C19H15BrN4O6/c20-13-10-12(24(28)29)6-7-14(13)21-18(26)17(11-4-2-1-3-5-11)30-19(27)15-8-9-16(25)23-22-15/h1-7,10,17H,8-9H2,(H,21,26)(H,23,25)/t17-/m1/s1. The van der Waals surface area contributed by atoms with Crippen LogP contribution in [0.25, 0.3) is 0 Å². The number of amides is 2. The molecule has 0 saturated carbocycles. The van der Waals surface area contributed by atoms with E-state index in [4.69, 9.17) is 4.74 Å². The number of hydrazone groups is 1. The van der Waals surface area contributed by atoms with Gasteiger partial charge in [-0.05, 0) is 22.0 Å². The van der Waals surface area contributed by atoms with Gasteiger partial charge in [0.1, 0.15) is 5.71 Å². The lowest BCUT2D eigenvalue weighted by Gasteiger charge is -2.19. The van der Waals surface area contributed by atoms with Crippen molar-refractivity contribution in [3.63, 3.8) is 0 Å². The summed E-state index contributed by atoms with van der Waals surface area (Å²) < 4.78 is 5.68. The third-order valence-electron chi connectivity index (χ3n) is 4.13. The molecular weight excluding hydrogens is 460 g/mol. The molecule has 2 amide bonds. The second-order valence-electron chi connectivity index (χ2n) is 6.20. The van der Waals surface area contributed by atoms with Gasteiger partial charge in [0.05, 0.1) is 10.6 Å². The van der Waals surface area contributed by atoms with E-state index in [9.17, 15) is 24.5 Å². The number of non-ortho nitro benzene ring substituents is 1. The summed E-state index contributed by atoms with van der Waals surface area (Å²) in [4.78, 5) is 46.9. The second kappa shape index (κ2) is 9.27. The number of nitrogens with one attached hydrogen (secondary N) is 2. The van der Waals surface area contributed by atoms with Gasteiger partial charge in [-0.1, -0.05) is 30.3 Å². The van der Waals surface area contributed by atoms with Crippen molar-refractivity contribution in [3.05, 3.63) is 68.7 Å². The van der Waals surface area contributed by atoms with Crippen LogP contribution in [-0.4, -0.2) is 28.4 Å². The molecule has 0 spiro atoms. The Morgan fingerprint density at radius 2 is 1.93 bits per heavy atom. The van der Waals surface area contributed by atoms with Crippen LogP contribution < -0.4 is 10.7 Å². The number of hydrogen-bond acceptors (Lipinski definition) is 7. The molecule has 0 unspecified atom stereocenters. The van der Waals surface area contributed by atoms with Gasteiger partial charge < -0.3 is 10.1 Å². The zero-order valence-electron chi connectivity index (χ0n) is 15.3. The number of carbonyl (C=O) groups is 3. The zero-order chi connectivity index (χ0) is 21.7. The number of ether oxygens (including phenoxy) is 1. The Kier molecular flexibility index (Phi) is 6.52. The van der Waals surface area contributed by atoms with E-state index in [0.717, 1.165) is 0 Å². The number of nitro benzene ring substituents is 1. The molecule has 2 aromatic carbocycles. The van der Waals surface area contributed by atoms with E-state index < -0.39 is 22.9 Å².